The van der Waals surface area contributed by atoms with Crippen molar-refractivity contribution in [1.29, 1.82) is 5.26 Å². The van der Waals surface area contributed by atoms with E-state index in [0.717, 1.165) is 12.4 Å². The van der Waals surface area contributed by atoms with Crippen LogP contribution >= 0.6 is 0 Å². The molecule has 5 heteroatoms. The van der Waals surface area contributed by atoms with Gasteiger partial charge in [-0.05, 0) is 5.56 Å². The molecule has 92 valence electrons. The minimum Gasteiger partial charge on any atom is -0.327 e. The third-order valence-electron chi connectivity index (χ3n) is 2.82. The van der Waals surface area contributed by atoms with Crippen LogP contribution < -0.4 is 0 Å². The summed E-state index contributed by atoms with van der Waals surface area (Å²) in [7, 11) is 0. The highest BCUT2D eigenvalue weighted by atomic mass is 15.1. The quantitative estimate of drug-likeness (QED) is 0.773. The van der Waals surface area contributed by atoms with Crippen LogP contribution in [0, 0.1) is 11.3 Å². The van der Waals surface area contributed by atoms with Gasteiger partial charge >= 0.3 is 0 Å². The summed E-state index contributed by atoms with van der Waals surface area (Å²) in [4.78, 5) is 11.4. The first kappa shape index (κ1) is 11.2. The molecular weight excluding hydrogens is 238 g/mol. The van der Waals surface area contributed by atoms with E-state index in [4.69, 9.17) is 5.26 Å². The van der Waals surface area contributed by atoms with Crippen molar-refractivity contribution in [2.45, 2.75) is 6.54 Å². The fourth-order valence-electron chi connectivity index (χ4n) is 1.93. The van der Waals surface area contributed by atoms with Crippen LogP contribution in [0.25, 0.3) is 11.6 Å². The van der Waals surface area contributed by atoms with E-state index in [1.807, 2.05) is 35.0 Å². The Bertz CT molecular complexity index is 718. The zero-order valence-corrected chi connectivity index (χ0v) is 10.1. The molecule has 1 aromatic carbocycles. The fourth-order valence-corrected chi connectivity index (χ4v) is 1.93. The molecule has 0 unspecified atom stereocenters. The van der Waals surface area contributed by atoms with Gasteiger partial charge in [0, 0.05) is 18.9 Å². The lowest BCUT2D eigenvalue weighted by Crippen LogP contribution is -2.01. The summed E-state index contributed by atoms with van der Waals surface area (Å²) in [5.41, 5.74) is 1.62. The van der Waals surface area contributed by atoms with E-state index in [1.165, 1.54) is 11.8 Å². The van der Waals surface area contributed by atoms with E-state index in [-0.39, 0.29) is 0 Å². The summed E-state index contributed by atoms with van der Waals surface area (Å²) in [6.45, 7) is 0.721. The van der Waals surface area contributed by atoms with Gasteiger partial charge in [-0.1, -0.05) is 30.3 Å². The lowest BCUT2D eigenvalue weighted by atomic mass is 10.2. The van der Waals surface area contributed by atoms with Crippen LogP contribution in [0.15, 0.2) is 48.9 Å². The summed E-state index contributed by atoms with van der Waals surface area (Å²) >= 11 is 0. The van der Waals surface area contributed by atoms with Crippen molar-refractivity contribution in [2.75, 3.05) is 0 Å². The summed E-state index contributed by atoms with van der Waals surface area (Å²) in [6.07, 6.45) is 5.14. The second kappa shape index (κ2) is 4.78. The molecule has 0 aliphatic carbocycles. The van der Waals surface area contributed by atoms with E-state index in [9.17, 15) is 0 Å². The first-order valence-electron chi connectivity index (χ1n) is 5.87. The molecule has 0 aliphatic rings. The normalized spacial score (nSPS) is 10.3. The molecule has 0 spiro atoms. The van der Waals surface area contributed by atoms with E-state index in [0.29, 0.717) is 11.5 Å². The van der Waals surface area contributed by atoms with E-state index in [1.54, 1.807) is 6.20 Å². The van der Waals surface area contributed by atoms with Crippen molar-refractivity contribution in [3.63, 3.8) is 0 Å². The molecule has 0 atom stereocenters. The maximum atomic E-state index is 8.80. The summed E-state index contributed by atoms with van der Waals surface area (Å²) in [5.74, 6) is 1.34. The van der Waals surface area contributed by atoms with Crippen molar-refractivity contribution in [3.05, 3.63) is 60.2 Å². The molecule has 3 rings (SSSR count). The number of rotatable bonds is 3. The van der Waals surface area contributed by atoms with Crippen LogP contribution in [0.2, 0.25) is 0 Å². The van der Waals surface area contributed by atoms with Gasteiger partial charge in [-0.25, -0.2) is 9.97 Å². The molecule has 2 heterocycles. The van der Waals surface area contributed by atoms with Crippen molar-refractivity contribution in [2.24, 2.45) is 0 Å². The zero-order valence-electron chi connectivity index (χ0n) is 10.1. The Balaban J connectivity index is 1.93. The number of imidazole rings is 2. The molecule has 19 heavy (non-hydrogen) atoms. The monoisotopic (exact) mass is 249 g/mol. The van der Waals surface area contributed by atoms with Gasteiger partial charge in [0.05, 0.1) is 6.20 Å². The second-order valence-corrected chi connectivity index (χ2v) is 4.12. The van der Waals surface area contributed by atoms with Gasteiger partial charge in [0.2, 0.25) is 0 Å². The van der Waals surface area contributed by atoms with Crippen molar-refractivity contribution in [3.8, 4) is 17.7 Å². The lowest BCUT2D eigenvalue weighted by molar-refractivity contribution is 0.801. The number of hydrogen-bond donors (Lipinski definition) is 1. The maximum absolute atomic E-state index is 8.80. The molecule has 0 radical (unpaired) electrons. The van der Waals surface area contributed by atoms with Crippen LogP contribution in [0.3, 0.4) is 0 Å². The van der Waals surface area contributed by atoms with E-state index >= 15 is 0 Å². The Kier molecular flexibility index (Phi) is 2.83. The number of aromatic amines is 1. The van der Waals surface area contributed by atoms with Crippen molar-refractivity contribution in [1.82, 2.24) is 19.5 Å². The number of benzene rings is 1. The topological polar surface area (TPSA) is 70.3 Å². The number of aromatic nitrogens is 4. The molecule has 0 bridgehead atoms. The molecular formula is C14H11N5. The first-order chi connectivity index (χ1) is 9.36. The predicted molar refractivity (Wildman–Crippen MR) is 70.1 cm³/mol. The second-order valence-electron chi connectivity index (χ2n) is 4.12. The molecule has 0 saturated carbocycles. The highest BCUT2D eigenvalue weighted by Crippen LogP contribution is 2.15. The average molecular weight is 249 g/mol. The molecule has 0 saturated heterocycles. The summed E-state index contributed by atoms with van der Waals surface area (Å²) in [5, 5.41) is 8.80. The molecule has 2 aromatic heterocycles. The highest BCUT2D eigenvalue weighted by Gasteiger charge is 2.10. The van der Waals surface area contributed by atoms with Gasteiger partial charge in [0.1, 0.15) is 11.8 Å². The van der Waals surface area contributed by atoms with Gasteiger partial charge in [-0.15, -0.1) is 0 Å². The van der Waals surface area contributed by atoms with Gasteiger partial charge in [-0.3, -0.25) is 0 Å². The van der Waals surface area contributed by atoms with Gasteiger partial charge in [-0.2, -0.15) is 5.26 Å². The Morgan fingerprint density at radius 1 is 1.21 bits per heavy atom. The fraction of sp³-hybridized carbons (Fsp3) is 0.0714. The highest BCUT2D eigenvalue weighted by molar-refractivity contribution is 5.46. The van der Waals surface area contributed by atoms with Gasteiger partial charge in [0.25, 0.3) is 0 Å². The smallest absolute Gasteiger partial charge is 0.176 e. The largest absolute Gasteiger partial charge is 0.327 e. The molecule has 3 aromatic rings. The molecule has 0 amide bonds. The SMILES string of the molecule is N#Cc1cnc(-c2nccn2Cc2ccccc2)[nH]1. The van der Waals surface area contributed by atoms with Crippen LogP contribution in [-0.4, -0.2) is 19.5 Å². The molecule has 0 fully saturated rings. The number of nitriles is 1. The Hall–Kier alpha value is -2.87. The van der Waals surface area contributed by atoms with Crippen molar-refractivity contribution >= 4 is 0 Å². The summed E-state index contributed by atoms with van der Waals surface area (Å²) in [6, 6.07) is 12.2. The Labute approximate surface area is 110 Å². The Morgan fingerprint density at radius 3 is 2.79 bits per heavy atom. The van der Waals surface area contributed by atoms with Crippen LogP contribution in [-0.2, 0) is 6.54 Å². The molecule has 1 N–H and O–H groups in total. The number of hydrogen-bond acceptors (Lipinski definition) is 3. The minimum absolute atomic E-state index is 0.435. The maximum Gasteiger partial charge on any atom is 0.176 e. The van der Waals surface area contributed by atoms with E-state index < -0.39 is 0 Å². The third-order valence-corrected chi connectivity index (χ3v) is 2.82. The van der Waals surface area contributed by atoms with Crippen LogP contribution in [0.4, 0.5) is 0 Å². The lowest BCUT2D eigenvalue weighted by Gasteiger charge is -2.05. The van der Waals surface area contributed by atoms with E-state index in [2.05, 4.69) is 27.1 Å². The number of nitrogens with one attached hydrogen (secondary N) is 1. The summed E-state index contributed by atoms with van der Waals surface area (Å²) < 4.78 is 2.00. The van der Waals surface area contributed by atoms with Gasteiger partial charge in [0.15, 0.2) is 11.6 Å². The standard InChI is InChI=1S/C14H11N5/c15-8-12-9-17-13(18-12)14-16-6-7-19(14)10-11-4-2-1-3-5-11/h1-7,9H,10H2,(H,17,18). The number of nitrogens with zero attached hydrogens (tertiary/aromatic N) is 4. The van der Waals surface area contributed by atoms with Crippen LogP contribution in [0.1, 0.15) is 11.3 Å². The van der Waals surface area contributed by atoms with Crippen LogP contribution in [0.5, 0.6) is 0 Å². The third kappa shape index (κ3) is 2.24. The zero-order chi connectivity index (χ0) is 13.1. The minimum atomic E-state index is 0.435. The first-order valence-corrected chi connectivity index (χ1v) is 5.87. The number of H-pyrrole nitrogens is 1. The predicted octanol–water partition coefficient (Wildman–Crippen LogP) is 2.19. The molecule has 5 nitrogen and oxygen atoms in total. The molecule has 0 aliphatic heterocycles. The van der Waals surface area contributed by atoms with Crippen molar-refractivity contribution < 1.29 is 0 Å². The average Bonchev–Trinajstić information content (AvgIpc) is 3.08. The Morgan fingerprint density at radius 2 is 2.05 bits per heavy atom. The van der Waals surface area contributed by atoms with Gasteiger partial charge < -0.3 is 9.55 Å².